The summed E-state index contributed by atoms with van der Waals surface area (Å²) < 4.78 is 15.2. The zero-order chi connectivity index (χ0) is 18.3. The van der Waals surface area contributed by atoms with E-state index in [0.29, 0.717) is 11.6 Å². The Morgan fingerprint density at radius 3 is 2.92 bits per heavy atom. The van der Waals surface area contributed by atoms with Crippen molar-refractivity contribution in [3.05, 3.63) is 70.3 Å². The van der Waals surface area contributed by atoms with Gasteiger partial charge in [0.1, 0.15) is 11.6 Å². The molecule has 1 aliphatic rings. The van der Waals surface area contributed by atoms with Crippen molar-refractivity contribution in [1.82, 2.24) is 14.8 Å². The number of fused-ring (bicyclic) bond motifs is 1. The number of benzene rings is 1. The summed E-state index contributed by atoms with van der Waals surface area (Å²) in [5.74, 6) is 0.880. The Labute approximate surface area is 158 Å². The van der Waals surface area contributed by atoms with Crippen LogP contribution in [0.5, 0.6) is 0 Å². The van der Waals surface area contributed by atoms with Crippen molar-refractivity contribution in [3.63, 3.8) is 0 Å². The number of amides is 1. The smallest absolute Gasteiger partial charge is 0.235 e. The van der Waals surface area contributed by atoms with Crippen molar-refractivity contribution in [2.75, 3.05) is 11.1 Å². The molecule has 4 rings (SSSR count). The van der Waals surface area contributed by atoms with Gasteiger partial charge in [-0.3, -0.25) is 4.79 Å². The molecule has 0 spiro atoms. The molecule has 1 atom stereocenters. The van der Waals surface area contributed by atoms with Crippen LogP contribution in [0.3, 0.4) is 0 Å². The number of hydrogen-bond acceptors (Lipinski definition) is 4. The lowest BCUT2D eigenvalue weighted by Gasteiger charge is -2.15. The minimum absolute atomic E-state index is 0.0583. The summed E-state index contributed by atoms with van der Waals surface area (Å²) in [6, 6.07) is 10.1. The second-order valence-corrected chi connectivity index (χ2v) is 7.36. The maximum absolute atomic E-state index is 13.6. The molecule has 0 saturated carbocycles. The molecule has 3 heterocycles. The quantitative estimate of drug-likeness (QED) is 0.716. The number of rotatable bonds is 2. The molecule has 1 amide bonds. The molecule has 0 saturated heterocycles. The Morgan fingerprint density at radius 1 is 1.35 bits per heavy atom. The number of aromatic nitrogens is 3. The number of aryl methyl sites for hydroxylation is 1. The number of carbonyl (C=O) groups is 1. The predicted octanol–water partition coefficient (Wildman–Crippen LogP) is 4.14. The van der Waals surface area contributed by atoms with Gasteiger partial charge in [0, 0.05) is 11.8 Å². The molecule has 0 bridgehead atoms. The third kappa shape index (κ3) is 2.97. The summed E-state index contributed by atoms with van der Waals surface area (Å²) in [5, 5.41) is 7.37. The van der Waals surface area contributed by atoms with E-state index in [1.54, 1.807) is 23.0 Å². The average molecular weight is 389 g/mol. The minimum Gasteiger partial charge on any atom is -0.310 e. The second-order valence-electron chi connectivity index (χ2n) is 5.86. The lowest BCUT2D eigenvalue weighted by Crippen LogP contribution is -2.16. The number of halogens is 2. The molecule has 8 heteroatoms. The van der Waals surface area contributed by atoms with Gasteiger partial charge in [0.05, 0.1) is 21.7 Å². The highest BCUT2D eigenvalue weighted by molar-refractivity contribution is 8.00. The molecule has 0 radical (unpaired) electrons. The third-order valence-corrected chi connectivity index (χ3v) is 5.68. The van der Waals surface area contributed by atoms with Crippen LogP contribution in [0.15, 0.2) is 42.6 Å². The van der Waals surface area contributed by atoms with Gasteiger partial charge in [-0.2, -0.15) is 9.78 Å². The third-order valence-electron chi connectivity index (χ3n) is 4.12. The van der Waals surface area contributed by atoms with E-state index in [2.05, 4.69) is 15.4 Å². The van der Waals surface area contributed by atoms with E-state index in [0.717, 1.165) is 16.8 Å². The standard InChI is InChI=1S/C18H14ClFN4OS/c1-10-16-17(11-5-6-13(20)12(19)8-11)26-9-15(25)22-18(16)24(23-10)14-4-2-3-7-21-14/h2-8,17H,9H2,1H3,(H,22,25). The summed E-state index contributed by atoms with van der Waals surface area (Å²) in [6.45, 7) is 1.88. The van der Waals surface area contributed by atoms with E-state index < -0.39 is 5.82 Å². The summed E-state index contributed by atoms with van der Waals surface area (Å²) in [6.07, 6.45) is 1.67. The van der Waals surface area contributed by atoms with E-state index in [1.807, 2.05) is 25.1 Å². The van der Waals surface area contributed by atoms with E-state index in [4.69, 9.17) is 11.6 Å². The normalized spacial score (nSPS) is 16.7. The van der Waals surface area contributed by atoms with Crippen molar-refractivity contribution in [2.24, 2.45) is 0 Å². The first-order valence-electron chi connectivity index (χ1n) is 7.92. The van der Waals surface area contributed by atoms with Gasteiger partial charge in [-0.25, -0.2) is 9.37 Å². The highest BCUT2D eigenvalue weighted by Crippen LogP contribution is 2.44. The SMILES string of the molecule is Cc1nn(-c2ccccn2)c2c1C(c1ccc(F)c(Cl)c1)SCC(=O)N2. The van der Waals surface area contributed by atoms with E-state index >= 15 is 0 Å². The van der Waals surface area contributed by atoms with E-state index in [-0.39, 0.29) is 21.9 Å². The average Bonchev–Trinajstić information content (AvgIpc) is 2.84. The van der Waals surface area contributed by atoms with Crippen molar-refractivity contribution < 1.29 is 9.18 Å². The molecule has 26 heavy (non-hydrogen) atoms. The van der Waals surface area contributed by atoms with Crippen molar-refractivity contribution >= 4 is 35.1 Å². The van der Waals surface area contributed by atoms with Crippen LogP contribution in [0.4, 0.5) is 10.2 Å². The predicted molar refractivity (Wildman–Crippen MR) is 100 cm³/mol. The molecular formula is C18H14ClFN4OS. The topological polar surface area (TPSA) is 59.8 Å². The Bertz CT molecular complexity index is 992. The minimum atomic E-state index is -0.468. The van der Waals surface area contributed by atoms with Gasteiger partial charge in [-0.05, 0) is 36.8 Å². The first-order chi connectivity index (χ1) is 12.5. The van der Waals surface area contributed by atoms with Crippen molar-refractivity contribution in [2.45, 2.75) is 12.2 Å². The fourth-order valence-corrected chi connectivity index (χ4v) is 4.33. The number of carbonyl (C=O) groups excluding carboxylic acids is 1. The zero-order valence-electron chi connectivity index (χ0n) is 13.7. The molecule has 1 aromatic carbocycles. The molecule has 0 aliphatic carbocycles. The van der Waals surface area contributed by atoms with E-state index in [9.17, 15) is 9.18 Å². The Hall–Kier alpha value is -2.38. The molecule has 1 unspecified atom stereocenters. The summed E-state index contributed by atoms with van der Waals surface area (Å²) >= 11 is 7.43. The number of hydrogen-bond donors (Lipinski definition) is 1. The van der Waals surface area contributed by atoms with Crippen LogP contribution in [0.1, 0.15) is 22.1 Å². The molecule has 2 aromatic heterocycles. The fraction of sp³-hybridized carbons (Fsp3) is 0.167. The molecule has 3 aromatic rings. The second kappa shape index (κ2) is 6.74. The van der Waals surface area contributed by atoms with Crippen LogP contribution in [0.2, 0.25) is 5.02 Å². The molecule has 5 nitrogen and oxygen atoms in total. The van der Waals surface area contributed by atoms with Gasteiger partial charge < -0.3 is 5.32 Å². The molecule has 1 aliphatic heterocycles. The van der Waals surface area contributed by atoms with Gasteiger partial charge in [-0.15, -0.1) is 11.8 Å². The lowest BCUT2D eigenvalue weighted by molar-refractivity contribution is -0.113. The zero-order valence-corrected chi connectivity index (χ0v) is 15.3. The van der Waals surface area contributed by atoms with Crippen LogP contribution in [-0.2, 0) is 4.79 Å². The summed E-state index contributed by atoms with van der Waals surface area (Å²) in [7, 11) is 0. The van der Waals surface area contributed by atoms with Gasteiger partial charge in [0.2, 0.25) is 5.91 Å². The van der Waals surface area contributed by atoms with Crippen LogP contribution < -0.4 is 5.32 Å². The van der Waals surface area contributed by atoms with Crippen LogP contribution in [0.25, 0.3) is 5.82 Å². The van der Waals surface area contributed by atoms with Crippen molar-refractivity contribution in [1.29, 1.82) is 0 Å². The number of nitrogens with one attached hydrogen (secondary N) is 1. The molecule has 132 valence electrons. The molecular weight excluding hydrogens is 375 g/mol. The van der Waals surface area contributed by atoms with Gasteiger partial charge in [-0.1, -0.05) is 23.7 Å². The van der Waals surface area contributed by atoms with Gasteiger partial charge in [0.25, 0.3) is 0 Å². The van der Waals surface area contributed by atoms with Crippen molar-refractivity contribution in [3.8, 4) is 5.82 Å². The summed E-state index contributed by atoms with van der Waals surface area (Å²) in [4.78, 5) is 16.6. The lowest BCUT2D eigenvalue weighted by atomic mass is 10.0. The Morgan fingerprint density at radius 2 is 2.19 bits per heavy atom. The highest BCUT2D eigenvalue weighted by atomic mass is 35.5. The van der Waals surface area contributed by atoms with E-state index in [1.165, 1.54) is 17.8 Å². The maximum Gasteiger partial charge on any atom is 0.235 e. The monoisotopic (exact) mass is 388 g/mol. The van der Waals surface area contributed by atoms with Crippen LogP contribution >= 0.6 is 23.4 Å². The molecule has 0 fully saturated rings. The summed E-state index contributed by atoms with van der Waals surface area (Å²) in [5.41, 5.74) is 2.46. The van der Waals surface area contributed by atoms with Crippen LogP contribution in [-0.4, -0.2) is 26.4 Å². The first kappa shape index (κ1) is 17.1. The van der Waals surface area contributed by atoms with Gasteiger partial charge in [0.15, 0.2) is 5.82 Å². The van der Waals surface area contributed by atoms with Crippen LogP contribution in [0, 0.1) is 12.7 Å². The Kier molecular flexibility index (Phi) is 4.42. The number of pyridine rings is 1. The largest absolute Gasteiger partial charge is 0.310 e. The van der Waals surface area contributed by atoms with Gasteiger partial charge >= 0.3 is 0 Å². The highest BCUT2D eigenvalue weighted by Gasteiger charge is 2.31. The Balaban J connectivity index is 1.89. The number of nitrogens with zero attached hydrogens (tertiary/aromatic N) is 3. The molecule has 1 N–H and O–H groups in total. The fourth-order valence-electron chi connectivity index (χ4n) is 2.97. The first-order valence-corrected chi connectivity index (χ1v) is 9.34. The number of thioether (sulfide) groups is 1. The number of anilines is 1. The maximum atomic E-state index is 13.6.